The fourth-order valence-electron chi connectivity index (χ4n) is 1.70. The second-order valence-corrected chi connectivity index (χ2v) is 3.68. The van der Waals surface area contributed by atoms with Crippen molar-refractivity contribution in [1.82, 2.24) is 0 Å². The van der Waals surface area contributed by atoms with Crippen molar-refractivity contribution in [2.24, 2.45) is 0 Å². The molecule has 0 aromatic heterocycles. The molecule has 2 rings (SSSR count). The van der Waals surface area contributed by atoms with Crippen molar-refractivity contribution in [3.8, 4) is 0 Å². The van der Waals surface area contributed by atoms with E-state index in [4.69, 9.17) is 0 Å². The van der Waals surface area contributed by atoms with Crippen molar-refractivity contribution in [2.75, 3.05) is 10.6 Å². The number of rotatable bonds is 1. The average molecular weight is 218 g/mol. The van der Waals surface area contributed by atoms with Crippen molar-refractivity contribution in [3.63, 3.8) is 0 Å². The molecular weight excluding hydrogens is 208 g/mol. The van der Waals surface area contributed by atoms with E-state index in [-0.39, 0.29) is 5.91 Å². The van der Waals surface area contributed by atoms with E-state index < -0.39 is 11.7 Å². The van der Waals surface area contributed by atoms with Crippen LogP contribution < -0.4 is 10.6 Å². The molecule has 0 bridgehead atoms. The number of ketones is 1. The van der Waals surface area contributed by atoms with E-state index >= 15 is 0 Å². The van der Waals surface area contributed by atoms with Gasteiger partial charge in [0.25, 0.3) is 11.7 Å². The van der Waals surface area contributed by atoms with Crippen LogP contribution in [0.1, 0.15) is 22.8 Å². The number of anilines is 2. The van der Waals surface area contributed by atoms with Crippen LogP contribution in [0.4, 0.5) is 11.4 Å². The average Bonchev–Trinajstić information content (AvgIpc) is 2.45. The van der Waals surface area contributed by atoms with Gasteiger partial charge >= 0.3 is 0 Å². The Balaban J connectivity index is 2.50. The van der Waals surface area contributed by atoms with Gasteiger partial charge in [-0.3, -0.25) is 14.4 Å². The van der Waals surface area contributed by atoms with Crippen molar-refractivity contribution in [1.29, 1.82) is 0 Å². The molecule has 2 N–H and O–H groups in total. The normalized spacial score (nSPS) is 13.4. The summed E-state index contributed by atoms with van der Waals surface area (Å²) in [5.74, 6) is -1.41. The molecule has 16 heavy (non-hydrogen) atoms. The van der Waals surface area contributed by atoms with Gasteiger partial charge in [0.2, 0.25) is 5.91 Å². The molecule has 0 fully saturated rings. The van der Waals surface area contributed by atoms with Crippen LogP contribution in [-0.4, -0.2) is 17.6 Å². The van der Waals surface area contributed by atoms with Gasteiger partial charge in [0, 0.05) is 12.6 Å². The number of nitrogens with one attached hydrogen (secondary N) is 2. The molecule has 1 aliphatic heterocycles. The molecule has 1 aromatic rings. The Morgan fingerprint density at radius 2 is 2.00 bits per heavy atom. The lowest BCUT2D eigenvalue weighted by Gasteiger charge is -2.07. The number of carbonyl (C=O) groups is 3. The topological polar surface area (TPSA) is 75.3 Å². The first-order valence-corrected chi connectivity index (χ1v) is 4.77. The van der Waals surface area contributed by atoms with E-state index in [2.05, 4.69) is 10.6 Å². The zero-order valence-corrected chi connectivity index (χ0v) is 8.88. The van der Waals surface area contributed by atoms with Crippen LogP contribution in [-0.2, 0) is 9.59 Å². The molecule has 0 radical (unpaired) electrons. The fraction of sp³-hybridized carbons (Fsp3) is 0.182. The maximum atomic E-state index is 11.5. The minimum Gasteiger partial charge on any atom is -0.326 e. The number of hydrogen-bond donors (Lipinski definition) is 2. The van der Waals surface area contributed by atoms with Gasteiger partial charge in [-0.2, -0.15) is 0 Å². The Morgan fingerprint density at radius 3 is 2.62 bits per heavy atom. The molecule has 0 atom stereocenters. The summed E-state index contributed by atoms with van der Waals surface area (Å²) in [6.07, 6.45) is 0. The third-order valence-corrected chi connectivity index (χ3v) is 2.35. The molecule has 1 aromatic carbocycles. The fourth-order valence-corrected chi connectivity index (χ4v) is 1.70. The zero-order chi connectivity index (χ0) is 11.9. The molecule has 0 spiro atoms. The first kappa shape index (κ1) is 10.4. The third kappa shape index (κ3) is 1.56. The summed E-state index contributed by atoms with van der Waals surface area (Å²) in [5.41, 5.74) is 2.12. The Morgan fingerprint density at radius 1 is 1.31 bits per heavy atom. The summed E-state index contributed by atoms with van der Waals surface area (Å²) in [5, 5.41) is 5.08. The van der Waals surface area contributed by atoms with E-state index in [0.29, 0.717) is 16.9 Å². The highest BCUT2D eigenvalue weighted by molar-refractivity contribution is 6.52. The van der Waals surface area contributed by atoms with Crippen LogP contribution in [0.15, 0.2) is 12.1 Å². The molecule has 5 nitrogen and oxygen atoms in total. The zero-order valence-electron chi connectivity index (χ0n) is 8.88. The third-order valence-electron chi connectivity index (χ3n) is 2.35. The van der Waals surface area contributed by atoms with Gasteiger partial charge in [-0.1, -0.05) is 0 Å². The Labute approximate surface area is 91.8 Å². The second-order valence-electron chi connectivity index (χ2n) is 3.68. The highest BCUT2D eigenvalue weighted by Crippen LogP contribution is 2.30. The smallest absolute Gasteiger partial charge is 0.296 e. The van der Waals surface area contributed by atoms with Gasteiger partial charge < -0.3 is 10.6 Å². The van der Waals surface area contributed by atoms with Gasteiger partial charge in [0.15, 0.2) is 0 Å². The first-order valence-electron chi connectivity index (χ1n) is 4.77. The number of amides is 2. The molecule has 1 aliphatic rings. The lowest BCUT2D eigenvalue weighted by atomic mass is 10.1. The Bertz CT molecular complexity index is 520. The largest absolute Gasteiger partial charge is 0.326 e. The first-order chi connectivity index (χ1) is 7.49. The van der Waals surface area contributed by atoms with Crippen LogP contribution >= 0.6 is 0 Å². The predicted octanol–water partition coefficient (Wildman–Crippen LogP) is 1.09. The van der Waals surface area contributed by atoms with Gasteiger partial charge in [-0.25, -0.2) is 0 Å². The van der Waals surface area contributed by atoms with E-state index in [1.807, 2.05) is 0 Å². The summed E-state index contributed by atoms with van der Waals surface area (Å²) in [6.45, 7) is 3.15. The summed E-state index contributed by atoms with van der Waals surface area (Å²) >= 11 is 0. The molecule has 0 unspecified atom stereocenters. The minimum absolute atomic E-state index is 0.218. The van der Waals surface area contributed by atoms with Gasteiger partial charge in [0.05, 0.1) is 11.3 Å². The second kappa shape index (κ2) is 3.44. The van der Waals surface area contributed by atoms with Crippen LogP contribution in [0.5, 0.6) is 0 Å². The van der Waals surface area contributed by atoms with Crippen molar-refractivity contribution in [3.05, 3.63) is 23.3 Å². The lowest BCUT2D eigenvalue weighted by molar-refractivity contribution is -0.114. The minimum atomic E-state index is -0.627. The number of Topliss-reactive ketones (excluding diaryl/α,β-unsaturated/α-hetero) is 1. The van der Waals surface area contributed by atoms with Crippen LogP contribution in [0.25, 0.3) is 0 Å². The quantitative estimate of drug-likeness (QED) is 0.693. The van der Waals surface area contributed by atoms with Crippen LogP contribution in [0, 0.1) is 6.92 Å². The number of fused-ring (bicyclic) bond motifs is 1. The van der Waals surface area contributed by atoms with Crippen molar-refractivity contribution < 1.29 is 14.4 Å². The lowest BCUT2D eigenvalue weighted by Crippen LogP contribution is -2.12. The number of carbonyl (C=O) groups excluding carboxylic acids is 3. The molecule has 1 heterocycles. The molecule has 0 aliphatic carbocycles. The van der Waals surface area contributed by atoms with E-state index in [9.17, 15) is 14.4 Å². The van der Waals surface area contributed by atoms with Crippen molar-refractivity contribution in [2.45, 2.75) is 13.8 Å². The summed E-state index contributed by atoms with van der Waals surface area (Å²) < 4.78 is 0. The number of aryl methyl sites for hydroxylation is 1. The number of benzene rings is 1. The predicted molar refractivity (Wildman–Crippen MR) is 58.4 cm³/mol. The van der Waals surface area contributed by atoms with Crippen LogP contribution in [0.3, 0.4) is 0 Å². The maximum absolute atomic E-state index is 11.5. The van der Waals surface area contributed by atoms with E-state index in [0.717, 1.165) is 5.56 Å². The Kier molecular flexibility index (Phi) is 2.23. The maximum Gasteiger partial charge on any atom is 0.296 e. The van der Waals surface area contributed by atoms with Gasteiger partial charge in [0.1, 0.15) is 0 Å². The molecular formula is C11H10N2O3. The summed E-state index contributed by atoms with van der Waals surface area (Å²) in [6, 6.07) is 3.21. The SMILES string of the molecule is CC(=O)Nc1cc(C)c2c(c1)C(=O)C(=O)N2. The molecule has 82 valence electrons. The molecule has 2 amide bonds. The van der Waals surface area contributed by atoms with Crippen LogP contribution in [0.2, 0.25) is 0 Å². The van der Waals surface area contributed by atoms with Gasteiger partial charge in [-0.05, 0) is 24.6 Å². The highest BCUT2D eigenvalue weighted by Gasteiger charge is 2.29. The highest BCUT2D eigenvalue weighted by atomic mass is 16.2. The standard InChI is InChI=1S/C11H10N2O3/c1-5-3-7(12-6(2)14)4-8-9(5)13-11(16)10(8)15/h3-4H,1-2H3,(H,12,14)(H,13,15,16). The molecule has 5 heteroatoms. The van der Waals surface area contributed by atoms with E-state index in [1.165, 1.54) is 13.0 Å². The summed E-state index contributed by atoms with van der Waals surface area (Å²) in [4.78, 5) is 33.5. The Hall–Kier alpha value is -2.17. The molecule has 0 saturated carbocycles. The monoisotopic (exact) mass is 218 g/mol. The van der Waals surface area contributed by atoms with Crippen molar-refractivity contribution >= 4 is 29.0 Å². The molecule has 0 saturated heterocycles. The van der Waals surface area contributed by atoms with Gasteiger partial charge in [-0.15, -0.1) is 0 Å². The number of hydrogen-bond acceptors (Lipinski definition) is 3. The summed E-state index contributed by atoms with van der Waals surface area (Å²) in [7, 11) is 0. The van der Waals surface area contributed by atoms with E-state index in [1.54, 1.807) is 13.0 Å².